The zero-order valence-electron chi connectivity index (χ0n) is 3.24. The Morgan fingerprint density at radius 1 is 1.71 bits per heavy atom. The zero-order valence-corrected chi connectivity index (χ0v) is 4.13. The minimum atomic E-state index is -2.61. The molecule has 0 aromatic heterocycles. The predicted molar refractivity (Wildman–Crippen MR) is 22.0 cm³/mol. The van der Waals surface area contributed by atoms with Gasteiger partial charge in [-0.15, -0.1) is 0 Å². The van der Waals surface area contributed by atoms with Crippen LogP contribution in [0, 0.1) is 0 Å². The Bertz CT molecular complexity index is 72.1. The van der Waals surface area contributed by atoms with Gasteiger partial charge in [-0.2, -0.15) is 0 Å². The SMILES string of the molecule is NC(=O)OP(O)O. The van der Waals surface area contributed by atoms with Crippen LogP contribution in [-0.2, 0) is 4.52 Å². The summed E-state index contributed by atoms with van der Waals surface area (Å²) in [4.78, 5) is 25.1. The van der Waals surface area contributed by atoms with Crippen molar-refractivity contribution >= 4 is 14.7 Å². The van der Waals surface area contributed by atoms with E-state index >= 15 is 0 Å². The lowest BCUT2D eigenvalue weighted by Gasteiger charge is -1.95. The van der Waals surface area contributed by atoms with Crippen LogP contribution in [0.1, 0.15) is 0 Å². The third kappa shape index (κ3) is 5.62. The highest BCUT2D eigenvalue weighted by molar-refractivity contribution is 7.40. The highest BCUT2D eigenvalue weighted by Crippen LogP contribution is 2.23. The van der Waals surface area contributed by atoms with Crippen molar-refractivity contribution in [3.63, 3.8) is 0 Å². The molecule has 0 aliphatic carbocycles. The zero-order chi connectivity index (χ0) is 5.86. The van der Waals surface area contributed by atoms with Crippen molar-refractivity contribution in [2.75, 3.05) is 0 Å². The second-order valence-corrected chi connectivity index (χ2v) is 1.35. The molecule has 0 aromatic rings. The Kier molecular flexibility index (Phi) is 2.59. The Morgan fingerprint density at radius 2 is 2.14 bits per heavy atom. The average Bonchev–Trinajstić information content (AvgIpc) is 1.27. The Labute approximate surface area is 40.7 Å². The average molecular weight is 125 g/mol. The standard InChI is InChI=1S/CH4NO4P/c2-1(3)6-7(4)5/h4-5H,(H2,2,3). The number of rotatable bonds is 1. The molecule has 1 amide bonds. The summed E-state index contributed by atoms with van der Waals surface area (Å²) in [6, 6.07) is 0. The predicted octanol–water partition coefficient (Wildman–Crippen LogP) is -0.707. The topological polar surface area (TPSA) is 92.8 Å². The van der Waals surface area contributed by atoms with Crippen molar-refractivity contribution in [3.8, 4) is 0 Å². The highest BCUT2D eigenvalue weighted by Gasteiger charge is 2.01. The van der Waals surface area contributed by atoms with Crippen molar-refractivity contribution in [1.82, 2.24) is 0 Å². The minimum absolute atomic E-state index is 1.18. The third-order valence-electron chi connectivity index (χ3n) is 0.172. The first-order valence-corrected chi connectivity index (χ1v) is 2.44. The van der Waals surface area contributed by atoms with Crippen LogP contribution < -0.4 is 5.73 Å². The molecule has 0 aliphatic heterocycles. The summed E-state index contributed by atoms with van der Waals surface area (Å²) < 4.78 is 3.56. The summed E-state index contributed by atoms with van der Waals surface area (Å²) in [7, 11) is -2.61. The van der Waals surface area contributed by atoms with E-state index in [1.165, 1.54) is 0 Å². The van der Waals surface area contributed by atoms with Crippen molar-refractivity contribution < 1.29 is 19.1 Å². The van der Waals surface area contributed by atoms with E-state index in [4.69, 9.17) is 9.79 Å². The van der Waals surface area contributed by atoms with Gasteiger partial charge in [0.1, 0.15) is 0 Å². The lowest BCUT2D eigenvalue weighted by Crippen LogP contribution is -2.09. The van der Waals surface area contributed by atoms with Gasteiger partial charge in [-0.05, 0) is 0 Å². The number of hydrogen-bond donors (Lipinski definition) is 3. The summed E-state index contributed by atoms with van der Waals surface area (Å²) in [5.74, 6) is 0. The number of primary amides is 1. The first-order valence-electron chi connectivity index (χ1n) is 1.28. The van der Waals surface area contributed by atoms with Gasteiger partial charge in [-0.25, -0.2) is 4.79 Å². The first-order chi connectivity index (χ1) is 3.13. The molecule has 0 heterocycles. The monoisotopic (exact) mass is 125 g/mol. The molecule has 0 saturated heterocycles. The van der Waals surface area contributed by atoms with Crippen molar-refractivity contribution in [2.45, 2.75) is 0 Å². The Balaban J connectivity index is 3.13. The van der Waals surface area contributed by atoms with Gasteiger partial charge in [0, 0.05) is 0 Å². The number of carbonyl (C=O) groups excluding carboxylic acids is 1. The Morgan fingerprint density at radius 3 is 2.14 bits per heavy atom. The summed E-state index contributed by atoms with van der Waals surface area (Å²) in [5.41, 5.74) is 4.33. The van der Waals surface area contributed by atoms with E-state index in [1.807, 2.05) is 0 Å². The lowest BCUT2D eigenvalue weighted by molar-refractivity contribution is 0.202. The molecule has 7 heavy (non-hydrogen) atoms. The van der Waals surface area contributed by atoms with Crippen LogP contribution in [0.5, 0.6) is 0 Å². The third-order valence-corrected chi connectivity index (χ3v) is 0.515. The van der Waals surface area contributed by atoms with Gasteiger partial charge < -0.3 is 20.0 Å². The molecule has 0 aromatic carbocycles. The van der Waals surface area contributed by atoms with E-state index in [-0.39, 0.29) is 0 Å². The van der Waals surface area contributed by atoms with Gasteiger partial charge in [0.25, 0.3) is 0 Å². The minimum Gasteiger partial charge on any atom is -0.378 e. The second-order valence-electron chi connectivity index (χ2n) is 0.663. The second kappa shape index (κ2) is 2.74. The van der Waals surface area contributed by atoms with E-state index in [1.54, 1.807) is 0 Å². The maximum absolute atomic E-state index is 9.51. The van der Waals surface area contributed by atoms with Crippen molar-refractivity contribution in [3.05, 3.63) is 0 Å². The molecule has 5 nitrogen and oxygen atoms in total. The molecule has 0 rings (SSSR count). The maximum Gasteiger partial charge on any atom is 0.410 e. The number of carbonyl (C=O) groups is 1. The first kappa shape index (κ1) is 6.62. The molecule has 6 heteroatoms. The highest BCUT2D eigenvalue weighted by atomic mass is 31.2. The summed E-state index contributed by atoms with van der Waals surface area (Å²) in [6.45, 7) is 0. The smallest absolute Gasteiger partial charge is 0.378 e. The van der Waals surface area contributed by atoms with Crippen LogP contribution in [0.25, 0.3) is 0 Å². The van der Waals surface area contributed by atoms with Crippen LogP contribution >= 0.6 is 8.60 Å². The summed E-state index contributed by atoms with van der Waals surface area (Å²) in [6.07, 6.45) is -1.18. The summed E-state index contributed by atoms with van der Waals surface area (Å²) >= 11 is 0. The molecule has 4 N–H and O–H groups in total. The van der Waals surface area contributed by atoms with Crippen molar-refractivity contribution in [2.24, 2.45) is 5.73 Å². The molecule has 0 aliphatic rings. The molecule has 0 atom stereocenters. The quantitative estimate of drug-likeness (QED) is 0.403. The molecule has 42 valence electrons. The fraction of sp³-hybridized carbons (Fsp3) is 0. The van der Waals surface area contributed by atoms with Gasteiger partial charge in [-0.3, -0.25) is 0 Å². The van der Waals surface area contributed by atoms with Crippen LogP contribution in [-0.4, -0.2) is 15.9 Å². The van der Waals surface area contributed by atoms with Gasteiger partial charge in [0.05, 0.1) is 0 Å². The summed E-state index contributed by atoms with van der Waals surface area (Å²) in [5, 5.41) is 0. The maximum atomic E-state index is 9.51. The normalized spacial score (nSPS) is 9.00. The van der Waals surface area contributed by atoms with Crippen LogP contribution in [0.2, 0.25) is 0 Å². The molecule has 0 radical (unpaired) electrons. The molecule has 0 spiro atoms. The largest absolute Gasteiger partial charge is 0.410 e. The number of amides is 1. The van der Waals surface area contributed by atoms with Gasteiger partial charge in [-0.1, -0.05) is 0 Å². The fourth-order valence-electron chi connectivity index (χ4n) is 0.0805. The molecule has 0 saturated carbocycles. The fourth-order valence-corrected chi connectivity index (χ4v) is 0.241. The molecule has 0 fully saturated rings. The Hall–Kier alpha value is -0.380. The lowest BCUT2D eigenvalue weighted by atomic mass is 11.3. The van der Waals surface area contributed by atoms with Crippen LogP contribution in [0.4, 0.5) is 4.79 Å². The van der Waals surface area contributed by atoms with E-state index in [0.717, 1.165) is 0 Å². The number of nitrogens with two attached hydrogens (primary N) is 1. The molecular formula is CH4NO4P. The van der Waals surface area contributed by atoms with Gasteiger partial charge in [0.2, 0.25) is 0 Å². The molecular weight excluding hydrogens is 121 g/mol. The van der Waals surface area contributed by atoms with Crippen LogP contribution in [0.3, 0.4) is 0 Å². The van der Waals surface area contributed by atoms with E-state index in [0.29, 0.717) is 0 Å². The van der Waals surface area contributed by atoms with Crippen molar-refractivity contribution in [1.29, 1.82) is 0 Å². The number of hydrogen-bond acceptors (Lipinski definition) is 4. The van der Waals surface area contributed by atoms with E-state index < -0.39 is 14.7 Å². The van der Waals surface area contributed by atoms with Crippen LogP contribution in [0.15, 0.2) is 0 Å². The molecule has 0 unspecified atom stereocenters. The van der Waals surface area contributed by atoms with E-state index in [2.05, 4.69) is 10.3 Å². The van der Waals surface area contributed by atoms with Gasteiger partial charge in [0.15, 0.2) is 0 Å². The van der Waals surface area contributed by atoms with E-state index in [9.17, 15) is 4.79 Å². The van der Waals surface area contributed by atoms with Gasteiger partial charge >= 0.3 is 14.7 Å². The molecule has 0 bridgehead atoms.